The number of aliphatic hydroxyl groups excluding tert-OH is 1. The molecule has 0 fully saturated rings. The molecule has 0 aliphatic carbocycles. The summed E-state index contributed by atoms with van der Waals surface area (Å²) in [4.78, 5) is 1.20. The molecule has 0 bridgehead atoms. The third kappa shape index (κ3) is 3.78. The average molecular weight is 418 g/mol. The van der Waals surface area contributed by atoms with Crippen LogP contribution in [0.3, 0.4) is 0 Å². The molecule has 0 spiro atoms. The van der Waals surface area contributed by atoms with Crippen LogP contribution in [0.5, 0.6) is 0 Å². The van der Waals surface area contributed by atoms with Gasteiger partial charge >= 0.3 is 0 Å². The van der Waals surface area contributed by atoms with E-state index in [1.807, 2.05) is 29.6 Å². The average Bonchev–Trinajstić information content (AvgIpc) is 3.37. The SMILES string of the molecule is O=S(=O)(NCC(O)c1ccc(-c2cccs2)cc1)c1cccc2nsnc12. The number of aliphatic hydroxyl groups is 1. The quantitative estimate of drug-likeness (QED) is 0.501. The summed E-state index contributed by atoms with van der Waals surface area (Å²) in [5, 5.41) is 12.4. The molecule has 4 aromatic rings. The first-order valence-electron chi connectivity index (χ1n) is 8.07. The highest BCUT2D eigenvalue weighted by Gasteiger charge is 2.21. The molecule has 0 aliphatic rings. The third-order valence-corrected chi connectivity index (χ3v) is 7.02. The van der Waals surface area contributed by atoms with Crippen LogP contribution in [0, 0.1) is 0 Å². The van der Waals surface area contributed by atoms with Gasteiger partial charge in [0.2, 0.25) is 10.0 Å². The predicted molar refractivity (Wildman–Crippen MR) is 107 cm³/mol. The third-order valence-electron chi connectivity index (χ3n) is 4.11. The van der Waals surface area contributed by atoms with Gasteiger partial charge in [0.1, 0.15) is 15.9 Å². The highest BCUT2D eigenvalue weighted by atomic mass is 32.2. The first-order chi connectivity index (χ1) is 13.0. The second-order valence-electron chi connectivity index (χ2n) is 5.86. The lowest BCUT2D eigenvalue weighted by molar-refractivity contribution is 0.182. The standard InChI is InChI=1S/C18H15N3O3S3/c22-15(12-6-8-13(9-7-12)16-4-2-10-25-16)11-19-27(23,24)17-5-1-3-14-18(17)21-26-20-14/h1-10,15,19,22H,11H2. The fourth-order valence-electron chi connectivity index (χ4n) is 2.69. The summed E-state index contributed by atoms with van der Waals surface area (Å²) in [6.07, 6.45) is -0.954. The van der Waals surface area contributed by atoms with Crippen LogP contribution >= 0.6 is 23.1 Å². The Hall–Kier alpha value is -2.17. The number of fused-ring (bicyclic) bond motifs is 1. The summed E-state index contributed by atoms with van der Waals surface area (Å²) in [5.41, 5.74) is 2.58. The van der Waals surface area contributed by atoms with Gasteiger partial charge in [-0.15, -0.1) is 11.3 Å². The first-order valence-corrected chi connectivity index (χ1v) is 11.2. The molecule has 9 heteroatoms. The molecule has 2 aromatic heterocycles. The Morgan fingerprint density at radius 3 is 2.59 bits per heavy atom. The Morgan fingerprint density at radius 2 is 1.85 bits per heavy atom. The van der Waals surface area contributed by atoms with Crippen molar-refractivity contribution < 1.29 is 13.5 Å². The van der Waals surface area contributed by atoms with Crippen LogP contribution in [0.4, 0.5) is 0 Å². The van der Waals surface area contributed by atoms with Gasteiger partial charge in [-0.05, 0) is 34.7 Å². The van der Waals surface area contributed by atoms with Crippen molar-refractivity contribution >= 4 is 44.1 Å². The summed E-state index contributed by atoms with van der Waals surface area (Å²) in [5.74, 6) is 0. The molecule has 2 N–H and O–H groups in total. The molecule has 138 valence electrons. The molecule has 2 heterocycles. The molecular formula is C18H15N3O3S3. The van der Waals surface area contributed by atoms with Gasteiger partial charge in [0.05, 0.1) is 17.8 Å². The second kappa shape index (κ2) is 7.45. The minimum Gasteiger partial charge on any atom is -0.387 e. The summed E-state index contributed by atoms with van der Waals surface area (Å²) in [7, 11) is -3.81. The van der Waals surface area contributed by atoms with E-state index in [0.29, 0.717) is 16.6 Å². The van der Waals surface area contributed by atoms with Crippen LogP contribution in [0.1, 0.15) is 11.7 Å². The van der Waals surface area contributed by atoms with Crippen molar-refractivity contribution in [2.24, 2.45) is 0 Å². The van der Waals surface area contributed by atoms with Gasteiger partial charge in [-0.1, -0.05) is 36.4 Å². The molecule has 0 aliphatic heterocycles. The lowest BCUT2D eigenvalue weighted by Gasteiger charge is -2.13. The van der Waals surface area contributed by atoms with E-state index in [9.17, 15) is 13.5 Å². The van der Waals surface area contributed by atoms with E-state index in [-0.39, 0.29) is 11.4 Å². The molecule has 0 saturated heterocycles. The van der Waals surface area contributed by atoms with Crippen LogP contribution < -0.4 is 4.72 Å². The monoisotopic (exact) mass is 417 g/mol. The van der Waals surface area contributed by atoms with E-state index < -0.39 is 16.1 Å². The van der Waals surface area contributed by atoms with E-state index in [0.717, 1.165) is 22.2 Å². The summed E-state index contributed by atoms with van der Waals surface area (Å²) in [6.45, 7) is -0.130. The van der Waals surface area contributed by atoms with Crippen LogP contribution in [0.2, 0.25) is 0 Å². The zero-order chi connectivity index (χ0) is 18.9. The number of nitrogens with one attached hydrogen (secondary N) is 1. The molecule has 0 radical (unpaired) electrons. The van der Waals surface area contributed by atoms with E-state index in [1.54, 1.807) is 35.6 Å². The van der Waals surface area contributed by atoms with Crippen molar-refractivity contribution in [3.8, 4) is 10.4 Å². The number of thiophene rings is 1. The lowest BCUT2D eigenvalue weighted by atomic mass is 10.1. The van der Waals surface area contributed by atoms with E-state index in [2.05, 4.69) is 13.5 Å². The molecule has 0 saturated carbocycles. The molecule has 0 amide bonds. The number of nitrogens with zero attached hydrogens (tertiary/aromatic N) is 2. The van der Waals surface area contributed by atoms with E-state index in [4.69, 9.17) is 0 Å². The fourth-order valence-corrected chi connectivity index (χ4v) is 5.23. The number of rotatable bonds is 6. The maximum atomic E-state index is 12.6. The Bertz CT molecular complexity index is 1150. The smallest absolute Gasteiger partial charge is 0.242 e. The van der Waals surface area contributed by atoms with Crippen molar-refractivity contribution in [2.45, 2.75) is 11.0 Å². The van der Waals surface area contributed by atoms with Gasteiger partial charge < -0.3 is 5.11 Å². The highest BCUT2D eigenvalue weighted by molar-refractivity contribution is 7.89. The molecule has 27 heavy (non-hydrogen) atoms. The van der Waals surface area contributed by atoms with Crippen molar-refractivity contribution in [1.82, 2.24) is 13.5 Å². The number of hydrogen-bond donors (Lipinski definition) is 2. The zero-order valence-corrected chi connectivity index (χ0v) is 16.4. The Balaban J connectivity index is 1.48. The summed E-state index contributed by atoms with van der Waals surface area (Å²) >= 11 is 2.60. The largest absolute Gasteiger partial charge is 0.387 e. The number of aromatic nitrogens is 2. The maximum absolute atomic E-state index is 12.6. The van der Waals surface area contributed by atoms with Gasteiger partial charge in [0, 0.05) is 11.4 Å². The van der Waals surface area contributed by atoms with Gasteiger partial charge in [-0.3, -0.25) is 0 Å². The second-order valence-corrected chi connectivity index (χ2v) is 9.07. The normalized spacial score (nSPS) is 13.1. The predicted octanol–water partition coefficient (Wildman–Crippen LogP) is 3.43. The maximum Gasteiger partial charge on any atom is 0.242 e. The van der Waals surface area contributed by atoms with Gasteiger partial charge in [0.25, 0.3) is 0 Å². The lowest BCUT2D eigenvalue weighted by Crippen LogP contribution is -2.28. The molecule has 1 atom stereocenters. The molecule has 6 nitrogen and oxygen atoms in total. The molecular weight excluding hydrogens is 402 g/mol. The van der Waals surface area contributed by atoms with Crippen molar-refractivity contribution in [1.29, 1.82) is 0 Å². The first kappa shape index (κ1) is 18.2. The van der Waals surface area contributed by atoms with Crippen LogP contribution in [-0.4, -0.2) is 28.8 Å². The fraction of sp³-hybridized carbons (Fsp3) is 0.111. The minimum absolute atomic E-state index is 0.0639. The van der Waals surface area contributed by atoms with E-state index in [1.165, 1.54) is 6.07 Å². The number of sulfonamides is 1. The van der Waals surface area contributed by atoms with Crippen molar-refractivity contribution in [3.05, 3.63) is 65.5 Å². The Kier molecular flexibility index (Phi) is 5.02. The van der Waals surface area contributed by atoms with Crippen molar-refractivity contribution in [2.75, 3.05) is 6.54 Å². The number of hydrogen-bond acceptors (Lipinski definition) is 7. The van der Waals surface area contributed by atoms with Gasteiger partial charge in [-0.2, -0.15) is 8.75 Å². The van der Waals surface area contributed by atoms with Crippen LogP contribution in [0.15, 0.2) is 64.9 Å². The Labute approximate surface area is 164 Å². The van der Waals surface area contributed by atoms with Crippen LogP contribution in [0.25, 0.3) is 21.5 Å². The van der Waals surface area contributed by atoms with Gasteiger partial charge in [0.15, 0.2) is 0 Å². The van der Waals surface area contributed by atoms with Crippen LogP contribution in [-0.2, 0) is 10.0 Å². The Morgan fingerprint density at radius 1 is 1.04 bits per heavy atom. The van der Waals surface area contributed by atoms with Crippen molar-refractivity contribution in [3.63, 3.8) is 0 Å². The topological polar surface area (TPSA) is 92.2 Å². The number of benzene rings is 2. The van der Waals surface area contributed by atoms with E-state index >= 15 is 0 Å². The summed E-state index contributed by atoms with van der Waals surface area (Å²) < 4.78 is 35.8. The zero-order valence-electron chi connectivity index (χ0n) is 13.9. The molecule has 2 aromatic carbocycles. The minimum atomic E-state index is -3.81. The van der Waals surface area contributed by atoms with Gasteiger partial charge in [-0.25, -0.2) is 13.1 Å². The molecule has 4 rings (SSSR count). The molecule has 1 unspecified atom stereocenters. The summed E-state index contributed by atoms with van der Waals surface area (Å²) in [6, 6.07) is 16.3. The highest BCUT2D eigenvalue weighted by Crippen LogP contribution is 2.26.